The molecule has 3 N–H and O–H groups in total. The molecule has 3 heteroatoms. The molecule has 0 rings (SSSR count). The summed E-state index contributed by atoms with van der Waals surface area (Å²) in [6, 6.07) is 0. The normalized spacial score (nSPS) is 14.5. The summed E-state index contributed by atoms with van der Waals surface area (Å²) in [4.78, 5) is 11.0. The molecule has 11 heavy (non-hydrogen) atoms. The Morgan fingerprint density at radius 1 is 1.55 bits per heavy atom. The van der Waals surface area contributed by atoms with Crippen LogP contribution in [0.15, 0.2) is 0 Å². The number of rotatable bonds is 4. The van der Waals surface area contributed by atoms with Crippen molar-refractivity contribution in [3.05, 3.63) is 0 Å². The number of carbonyl (C=O) groups excluding carboxylic acids is 1. The fourth-order valence-electron chi connectivity index (χ4n) is 1.40. The van der Waals surface area contributed by atoms with Gasteiger partial charge in [0.15, 0.2) is 0 Å². The highest BCUT2D eigenvalue weighted by Gasteiger charge is 2.37. The summed E-state index contributed by atoms with van der Waals surface area (Å²) >= 11 is 0. The van der Waals surface area contributed by atoms with Crippen molar-refractivity contribution in [2.75, 3.05) is 0 Å². The summed E-state index contributed by atoms with van der Waals surface area (Å²) in [5.41, 5.74) is 4.47. The second-order valence-electron chi connectivity index (χ2n) is 2.90. The van der Waals surface area contributed by atoms with Crippen LogP contribution in [0, 0.1) is 5.41 Å². The fraction of sp³-hybridized carbons (Fsp3) is 0.875. The quantitative estimate of drug-likeness (QED) is 0.633. The predicted octanol–water partition coefficient (Wildman–Crippen LogP) is 0.659. The van der Waals surface area contributed by atoms with Gasteiger partial charge < -0.3 is 10.8 Å². The van der Waals surface area contributed by atoms with Gasteiger partial charge in [0.2, 0.25) is 5.91 Å². The number of carbonyl (C=O) groups is 1. The summed E-state index contributed by atoms with van der Waals surface area (Å²) in [6.45, 7) is 5.33. The molecule has 1 atom stereocenters. The topological polar surface area (TPSA) is 63.3 Å². The molecule has 0 aromatic rings. The minimum atomic E-state index is -0.722. The lowest BCUT2D eigenvalue weighted by molar-refractivity contribution is -0.134. The molecule has 0 spiro atoms. The number of nitrogens with two attached hydrogens (primary N) is 1. The molecule has 0 radical (unpaired) electrons. The van der Waals surface area contributed by atoms with Gasteiger partial charge in [-0.25, -0.2) is 0 Å². The Bertz CT molecular complexity index is 139. The average molecular weight is 159 g/mol. The number of hydrogen-bond acceptors (Lipinski definition) is 2. The van der Waals surface area contributed by atoms with Crippen LogP contribution < -0.4 is 5.73 Å². The Morgan fingerprint density at radius 2 is 1.91 bits per heavy atom. The van der Waals surface area contributed by atoms with Crippen molar-refractivity contribution in [1.29, 1.82) is 0 Å². The van der Waals surface area contributed by atoms with Crippen LogP contribution in [-0.2, 0) is 4.79 Å². The van der Waals surface area contributed by atoms with E-state index >= 15 is 0 Å². The minimum Gasteiger partial charge on any atom is -0.392 e. The maximum absolute atomic E-state index is 11.0. The Labute approximate surface area is 67.6 Å². The molecule has 3 nitrogen and oxygen atoms in total. The third-order valence-electron chi connectivity index (χ3n) is 2.55. The van der Waals surface area contributed by atoms with E-state index in [4.69, 9.17) is 5.73 Å². The third kappa shape index (κ3) is 1.71. The highest BCUT2D eigenvalue weighted by molar-refractivity contribution is 5.81. The number of aliphatic hydroxyl groups is 1. The first kappa shape index (κ1) is 10.4. The van der Waals surface area contributed by atoms with Crippen LogP contribution in [0.2, 0.25) is 0 Å². The Kier molecular flexibility index (Phi) is 3.52. The first-order valence-electron chi connectivity index (χ1n) is 3.99. The standard InChI is InChI=1S/C8H17NO2/c1-4-8(5-2,6(3)10)7(9)11/h6,10H,4-5H2,1-3H3,(H2,9,11). The number of hydrogen-bond donors (Lipinski definition) is 2. The molecule has 0 aliphatic carbocycles. The molecule has 0 aliphatic heterocycles. The van der Waals surface area contributed by atoms with Crippen molar-refractivity contribution in [1.82, 2.24) is 0 Å². The molecule has 0 heterocycles. The molecule has 0 bridgehead atoms. The van der Waals surface area contributed by atoms with E-state index in [2.05, 4.69) is 0 Å². The molecule has 1 unspecified atom stereocenters. The smallest absolute Gasteiger partial charge is 0.226 e. The molecule has 66 valence electrons. The van der Waals surface area contributed by atoms with Gasteiger partial charge in [0, 0.05) is 0 Å². The van der Waals surface area contributed by atoms with Gasteiger partial charge >= 0.3 is 0 Å². The first-order valence-corrected chi connectivity index (χ1v) is 3.99. The average Bonchev–Trinajstić information content (AvgIpc) is 1.90. The van der Waals surface area contributed by atoms with Crippen molar-refractivity contribution in [3.63, 3.8) is 0 Å². The van der Waals surface area contributed by atoms with E-state index in [1.54, 1.807) is 6.92 Å². The Morgan fingerprint density at radius 3 is 1.91 bits per heavy atom. The van der Waals surface area contributed by atoms with E-state index in [1.165, 1.54) is 0 Å². The molecular weight excluding hydrogens is 142 g/mol. The largest absolute Gasteiger partial charge is 0.392 e. The summed E-state index contributed by atoms with van der Waals surface area (Å²) in [5.74, 6) is -0.405. The van der Waals surface area contributed by atoms with Crippen LogP contribution >= 0.6 is 0 Å². The number of primary amides is 1. The van der Waals surface area contributed by atoms with E-state index in [9.17, 15) is 9.90 Å². The minimum absolute atomic E-state index is 0.405. The van der Waals surface area contributed by atoms with Gasteiger partial charge in [-0.2, -0.15) is 0 Å². The van der Waals surface area contributed by atoms with Gasteiger partial charge in [-0.15, -0.1) is 0 Å². The van der Waals surface area contributed by atoms with Gasteiger partial charge in [-0.1, -0.05) is 13.8 Å². The van der Waals surface area contributed by atoms with Crippen LogP contribution in [0.4, 0.5) is 0 Å². The zero-order valence-corrected chi connectivity index (χ0v) is 7.42. The molecule has 1 amide bonds. The van der Waals surface area contributed by atoms with E-state index in [-0.39, 0.29) is 0 Å². The second-order valence-corrected chi connectivity index (χ2v) is 2.90. The molecule has 0 aromatic carbocycles. The van der Waals surface area contributed by atoms with Crippen LogP contribution in [0.25, 0.3) is 0 Å². The van der Waals surface area contributed by atoms with Crippen LogP contribution in [0.1, 0.15) is 33.6 Å². The molecule has 0 fully saturated rings. The van der Waals surface area contributed by atoms with Crippen LogP contribution in [0.3, 0.4) is 0 Å². The van der Waals surface area contributed by atoms with E-state index < -0.39 is 17.4 Å². The van der Waals surface area contributed by atoms with Crippen molar-refractivity contribution < 1.29 is 9.90 Å². The lowest BCUT2D eigenvalue weighted by Gasteiger charge is -2.30. The SMILES string of the molecule is CCC(CC)(C(N)=O)C(C)O. The number of aliphatic hydroxyl groups excluding tert-OH is 1. The van der Waals surface area contributed by atoms with Crippen LogP contribution in [-0.4, -0.2) is 17.1 Å². The molecule has 0 aromatic heterocycles. The van der Waals surface area contributed by atoms with Gasteiger partial charge in [0.05, 0.1) is 11.5 Å². The summed E-state index contributed by atoms with van der Waals surface area (Å²) < 4.78 is 0. The summed E-state index contributed by atoms with van der Waals surface area (Å²) in [7, 11) is 0. The van der Waals surface area contributed by atoms with E-state index in [1.807, 2.05) is 13.8 Å². The predicted molar refractivity (Wildman–Crippen MR) is 43.9 cm³/mol. The lowest BCUT2D eigenvalue weighted by Crippen LogP contribution is -2.44. The van der Waals surface area contributed by atoms with E-state index in [0.717, 1.165) is 0 Å². The van der Waals surface area contributed by atoms with Gasteiger partial charge in [0.25, 0.3) is 0 Å². The summed E-state index contributed by atoms with van der Waals surface area (Å²) in [5, 5.41) is 9.33. The van der Waals surface area contributed by atoms with Gasteiger partial charge in [-0.05, 0) is 19.8 Å². The van der Waals surface area contributed by atoms with Crippen molar-refractivity contribution in [2.24, 2.45) is 11.1 Å². The van der Waals surface area contributed by atoms with Gasteiger partial charge in [-0.3, -0.25) is 4.79 Å². The third-order valence-corrected chi connectivity index (χ3v) is 2.55. The van der Waals surface area contributed by atoms with Crippen molar-refractivity contribution >= 4 is 5.91 Å². The summed E-state index contributed by atoms with van der Waals surface area (Å²) in [6.07, 6.45) is 0.530. The van der Waals surface area contributed by atoms with E-state index in [0.29, 0.717) is 12.8 Å². The second kappa shape index (κ2) is 3.72. The zero-order chi connectivity index (χ0) is 9.07. The zero-order valence-electron chi connectivity index (χ0n) is 7.42. The Hall–Kier alpha value is -0.570. The monoisotopic (exact) mass is 159 g/mol. The van der Waals surface area contributed by atoms with Crippen LogP contribution in [0.5, 0.6) is 0 Å². The van der Waals surface area contributed by atoms with Crippen molar-refractivity contribution in [3.8, 4) is 0 Å². The highest BCUT2D eigenvalue weighted by Crippen LogP contribution is 2.29. The lowest BCUT2D eigenvalue weighted by atomic mass is 9.77. The molecule has 0 saturated heterocycles. The number of amides is 1. The molecule has 0 aliphatic rings. The maximum atomic E-state index is 11.0. The Balaban J connectivity index is 4.61. The maximum Gasteiger partial charge on any atom is 0.226 e. The van der Waals surface area contributed by atoms with Crippen molar-refractivity contribution in [2.45, 2.75) is 39.7 Å². The molecular formula is C8H17NO2. The highest BCUT2D eigenvalue weighted by atomic mass is 16.3. The fourth-order valence-corrected chi connectivity index (χ4v) is 1.40. The molecule has 0 saturated carbocycles. The van der Waals surface area contributed by atoms with Gasteiger partial charge in [0.1, 0.15) is 0 Å². The first-order chi connectivity index (χ1) is 5.01.